The van der Waals surface area contributed by atoms with Crippen molar-refractivity contribution in [1.82, 2.24) is 0 Å². The fraction of sp³-hybridized carbons (Fsp3) is 0.429. The maximum atomic E-state index is 12.8. The summed E-state index contributed by atoms with van der Waals surface area (Å²) in [5, 5.41) is 10.8. The minimum atomic E-state index is -1.34. The predicted molar refractivity (Wildman–Crippen MR) is 100 cm³/mol. The predicted octanol–water partition coefficient (Wildman–Crippen LogP) is 2.38. The molecule has 7 heteroatoms. The summed E-state index contributed by atoms with van der Waals surface area (Å²) in [4.78, 5) is 40.9. The van der Waals surface area contributed by atoms with Gasteiger partial charge < -0.3 is 14.6 Å². The summed E-state index contributed by atoms with van der Waals surface area (Å²) in [7, 11) is 0. The van der Waals surface area contributed by atoms with Crippen LogP contribution < -0.4 is 9.84 Å². The Hall–Kier alpha value is -2.47. The second kappa shape index (κ2) is 7.51. The van der Waals surface area contributed by atoms with Gasteiger partial charge in [0.2, 0.25) is 0 Å². The molecule has 1 heterocycles. The van der Waals surface area contributed by atoms with E-state index < -0.39 is 24.4 Å². The van der Waals surface area contributed by atoms with E-state index in [1.165, 1.54) is 0 Å². The zero-order valence-corrected chi connectivity index (χ0v) is 16.0. The molecule has 1 unspecified atom stereocenters. The second-order valence-corrected chi connectivity index (χ2v) is 7.77. The van der Waals surface area contributed by atoms with Crippen molar-refractivity contribution in [3.63, 3.8) is 0 Å². The molecule has 2 atom stereocenters. The lowest BCUT2D eigenvalue weighted by atomic mass is 9.67. The Morgan fingerprint density at radius 3 is 2.68 bits per heavy atom. The zero-order chi connectivity index (χ0) is 19.8. The summed E-state index contributed by atoms with van der Waals surface area (Å²) in [5.74, 6) is -1.80. The van der Waals surface area contributed by atoms with E-state index >= 15 is 0 Å². The van der Waals surface area contributed by atoms with Crippen LogP contribution in [0, 0.1) is 5.92 Å². The van der Waals surface area contributed by atoms with Crippen molar-refractivity contribution in [1.29, 1.82) is 0 Å². The Kier molecular flexibility index (Phi) is 5.06. The van der Waals surface area contributed by atoms with E-state index in [0.717, 1.165) is 42.7 Å². The van der Waals surface area contributed by atoms with Gasteiger partial charge in [-0.2, -0.15) is 0 Å². The summed E-state index contributed by atoms with van der Waals surface area (Å²) >= 11 is 6.30. The molecule has 0 aromatic heterocycles. The number of ether oxygens (including phenoxy) is 1. The van der Waals surface area contributed by atoms with E-state index in [9.17, 15) is 19.5 Å². The number of aliphatic carboxylic acids is 1. The number of carbonyl (C=O) groups is 3. The van der Waals surface area contributed by atoms with Gasteiger partial charge in [0.05, 0.1) is 16.9 Å². The summed E-state index contributed by atoms with van der Waals surface area (Å²) in [6.07, 6.45) is 4.00. The molecule has 6 nitrogen and oxygen atoms in total. The molecule has 0 N–H and O–H groups in total. The minimum Gasteiger partial charge on any atom is -0.546 e. The minimum absolute atomic E-state index is 0.0424. The second-order valence-electron chi connectivity index (χ2n) is 7.37. The van der Waals surface area contributed by atoms with Gasteiger partial charge >= 0.3 is 0 Å². The highest BCUT2D eigenvalue weighted by atomic mass is 35.5. The van der Waals surface area contributed by atoms with Crippen molar-refractivity contribution < 1.29 is 24.2 Å². The molecule has 4 rings (SSSR count). The lowest BCUT2D eigenvalue weighted by molar-refractivity contribution is -0.307. The molecular formula is C21H19ClNO5-. The van der Waals surface area contributed by atoms with Gasteiger partial charge in [0.15, 0.2) is 5.78 Å². The highest BCUT2D eigenvalue weighted by Crippen LogP contribution is 2.46. The molecule has 1 aromatic carbocycles. The van der Waals surface area contributed by atoms with E-state index in [1.807, 2.05) is 0 Å². The van der Waals surface area contributed by atoms with Crippen molar-refractivity contribution in [2.45, 2.75) is 44.4 Å². The maximum Gasteiger partial charge on any atom is 0.161 e. The lowest BCUT2D eigenvalue weighted by Gasteiger charge is -2.38. The molecular weight excluding hydrogens is 382 g/mol. The molecule has 0 radical (unpaired) electrons. The van der Waals surface area contributed by atoms with E-state index in [2.05, 4.69) is 0 Å². The number of nitrogens with zero attached hydrogens (tertiary/aromatic N) is 1. The van der Waals surface area contributed by atoms with Crippen LogP contribution in [-0.4, -0.2) is 29.9 Å². The van der Waals surface area contributed by atoms with Crippen molar-refractivity contribution in [2.75, 3.05) is 6.61 Å². The van der Waals surface area contributed by atoms with Gasteiger partial charge in [-0.15, -0.1) is 0 Å². The first-order valence-corrected chi connectivity index (χ1v) is 9.82. The van der Waals surface area contributed by atoms with Crippen molar-refractivity contribution in [3.05, 3.63) is 40.1 Å². The summed E-state index contributed by atoms with van der Waals surface area (Å²) < 4.78 is 5.13. The molecule has 0 spiro atoms. The lowest BCUT2D eigenvalue weighted by Crippen LogP contribution is -2.39. The highest BCUT2D eigenvalue weighted by Gasteiger charge is 2.44. The van der Waals surface area contributed by atoms with Crippen LogP contribution >= 0.6 is 11.6 Å². The van der Waals surface area contributed by atoms with Crippen LogP contribution in [0.2, 0.25) is 5.02 Å². The molecule has 0 bridgehead atoms. The molecule has 1 aliphatic heterocycles. The van der Waals surface area contributed by atoms with Crippen molar-refractivity contribution in [3.8, 4) is 5.75 Å². The van der Waals surface area contributed by atoms with E-state index in [0.29, 0.717) is 18.4 Å². The molecule has 1 saturated carbocycles. The number of ketones is 2. The largest absolute Gasteiger partial charge is 0.546 e. The molecule has 0 saturated heterocycles. The number of hydrogen-bond donors (Lipinski definition) is 0. The number of halogens is 1. The van der Waals surface area contributed by atoms with Crippen LogP contribution in [0.3, 0.4) is 0 Å². The first-order valence-electron chi connectivity index (χ1n) is 9.44. The maximum absolute atomic E-state index is 12.8. The van der Waals surface area contributed by atoms with Gasteiger partial charge in [0.25, 0.3) is 0 Å². The zero-order valence-electron chi connectivity index (χ0n) is 15.2. The van der Waals surface area contributed by atoms with Crippen LogP contribution in [0.5, 0.6) is 5.75 Å². The van der Waals surface area contributed by atoms with Gasteiger partial charge in [0, 0.05) is 35.7 Å². The molecule has 2 aliphatic carbocycles. The Labute approximate surface area is 167 Å². The number of hydrogen-bond acceptors (Lipinski definition) is 6. The number of fused-ring (bicyclic) bond motifs is 1. The Morgan fingerprint density at radius 2 is 1.93 bits per heavy atom. The number of carboxylic acid groups (broad SMARTS) is 1. The van der Waals surface area contributed by atoms with Gasteiger partial charge in [-0.1, -0.05) is 17.7 Å². The van der Waals surface area contributed by atoms with Gasteiger partial charge in [-0.05, 0) is 43.4 Å². The van der Waals surface area contributed by atoms with Crippen molar-refractivity contribution >= 4 is 34.8 Å². The Balaban J connectivity index is 1.77. The Bertz CT molecular complexity index is 933. The summed E-state index contributed by atoms with van der Waals surface area (Å²) in [5.41, 5.74) is 3.05. The van der Waals surface area contributed by atoms with E-state index in [1.54, 1.807) is 18.2 Å². The first kappa shape index (κ1) is 18.9. The summed E-state index contributed by atoms with van der Waals surface area (Å²) in [6.45, 7) is -0.603. The van der Waals surface area contributed by atoms with Crippen LogP contribution in [-0.2, 0) is 14.4 Å². The van der Waals surface area contributed by atoms with Crippen LogP contribution in [0.25, 0.3) is 0 Å². The van der Waals surface area contributed by atoms with Gasteiger partial charge in [-0.3, -0.25) is 14.6 Å². The SMILES string of the molecule is O=C([O-])COc1ccc([C@H]2C3=C(CCCC3=O)N=C3CCCC(=O)C32)cc1Cl. The molecule has 1 aromatic rings. The quantitative estimate of drug-likeness (QED) is 0.773. The smallest absolute Gasteiger partial charge is 0.161 e. The number of Topliss-reactive ketones (excluding diaryl/α,β-unsaturated/α-hetero) is 2. The molecule has 3 aliphatic rings. The fourth-order valence-corrected chi connectivity index (χ4v) is 4.67. The van der Waals surface area contributed by atoms with Crippen LogP contribution in [0.15, 0.2) is 34.5 Å². The van der Waals surface area contributed by atoms with Crippen LogP contribution in [0.4, 0.5) is 0 Å². The fourth-order valence-electron chi connectivity index (χ4n) is 4.42. The Morgan fingerprint density at radius 1 is 1.14 bits per heavy atom. The average molecular weight is 401 g/mol. The number of aliphatic imine (C=N–C) groups is 1. The van der Waals surface area contributed by atoms with Crippen molar-refractivity contribution in [2.24, 2.45) is 10.9 Å². The third kappa shape index (κ3) is 3.37. The van der Waals surface area contributed by atoms with E-state index in [4.69, 9.17) is 21.3 Å². The number of benzene rings is 1. The van der Waals surface area contributed by atoms with Gasteiger partial charge in [-0.25, -0.2) is 0 Å². The monoisotopic (exact) mass is 400 g/mol. The third-order valence-corrected chi connectivity index (χ3v) is 5.87. The highest BCUT2D eigenvalue weighted by molar-refractivity contribution is 6.32. The number of carbonyl (C=O) groups excluding carboxylic acids is 3. The molecule has 0 amide bonds. The molecule has 146 valence electrons. The number of rotatable bonds is 4. The topological polar surface area (TPSA) is 95.9 Å². The normalized spacial score (nSPS) is 24.4. The van der Waals surface area contributed by atoms with E-state index in [-0.39, 0.29) is 22.3 Å². The summed E-state index contributed by atoms with van der Waals surface area (Å²) in [6, 6.07) is 4.99. The first-order chi connectivity index (χ1) is 13.5. The number of carboxylic acids is 1. The van der Waals surface area contributed by atoms with Crippen LogP contribution in [0.1, 0.15) is 50.0 Å². The number of allylic oxidation sites excluding steroid dienone is 2. The third-order valence-electron chi connectivity index (χ3n) is 5.57. The molecule has 1 fully saturated rings. The average Bonchev–Trinajstić information content (AvgIpc) is 2.66. The van der Waals surface area contributed by atoms with Gasteiger partial charge in [0.1, 0.15) is 18.1 Å². The standard InChI is InChI=1S/C21H20ClNO5/c22-12-9-11(7-8-17(12)28-10-18(26)27)19-20-13(3-1-5-15(20)24)23-14-4-2-6-16(25)21(14)19/h7-9,19-20H,1-6,10H2,(H,26,27)/p-1/t19-,20?/m1/s1. The molecule has 28 heavy (non-hydrogen) atoms.